The van der Waals surface area contributed by atoms with Crippen LogP contribution >= 0.6 is 0 Å². The largest absolute Gasteiger partial charge is 0.494 e. The molecular formula is C21H22F2N6O4. The third-order valence-electron chi connectivity index (χ3n) is 5.07. The van der Waals surface area contributed by atoms with Gasteiger partial charge in [-0.25, -0.2) is 18.7 Å². The lowest BCUT2D eigenvalue weighted by Gasteiger charge is -2.35. The van der Waals surface area contributed by atoms with Crippen LogP contribution in [0.4, 0.5) is 20.4 Å². The lowest BCUT2D eigenvalue weighted by Crippen LogP contribution is -2.54. The Labute approximate surface area is 187 Å². The second-order valence-corrected chi connectivity index (χ2v) is 7.54. The molecule has 4 rings (SSSR count). The van der Waals surface area contributed by atoms with Gasteiger partial charge in [-0.15, -0.1) is 0 Å². The van der Waals surface area contributed by atoms with Crippen molar-refractivity contribution in [2.75, 3.05) is 25.5 Å². The minimum Gasteiger partial charge on any atom is -0.494 e. The van der Waals surface area contributed by atoms with Gasteiger partial charge in [-0.2, -0.15) is 5.10 Å². The molecule has 10 nitrogen and oxygen atoms in total. The maximum Gasteiger partial charge on any atom is 0.244 e. The molecule has 2 N–H and O–H groups in total. The second kappa shape index (κ2) is 9.36. The van der Waals surface area contributed by atoms with Crippen LogP contribution in [-0.4, -0.2) is 62.0 Å². The van der Waals surface area contributed by atoms with Crippen molar-refractivity contribution in [2.24, 2.45) is 0 Å². The van der Waals surface area contributed by atoms with Crippen LogP contribution in [-0.2, 0) is 17.9 Å². The fourth-order valence-electron chi connectivity index (χ4n) is 3.23. The average molecular weight is 460 g/mol. The van der Waals surface area contributed by atoms with Crippen molar-refractivity contribution in [3.05, 3.63) is 53.6 Å². The Kier molecular flexibility index (Phi) is 6.36. The van der Waals surface area contributed by atoms with Crippen molar-refractivity contribution >= 4 is 17.5 Å². The van der Waals surface area contributed by atoms with E-state index in [2.05, 4.69) is 20.4 Å². The number of hydrogen-bond acceptors (Lipinski definition) is 8. The molecule has 2 aromatic heterocycles. The van der Waals surface area contributed by atoms with E-state index in [0.29, 0.717) is 18.8 Å². The molecule has 1 saturated heterocycles. The molecule has 12 heteroatoms. The second-order valence-electron chi connectivity index (χ2n) is 7.54. The number of aromatic nitrogens is 4. The SMILES string of the molecule is COc1cc(C)c(F)c(COc2cnc(Nc3cnn(CC(=O)N4CC(O)C4)c3)nc2)c1F. The Balaban J connectivity index is 1.34. The third-order valence-corrected chi connectivity index (χ3v) is 5.07. The Morgan fingerprint density at radius 1 is 1.24 bits per heavy atom. The summed E-state index contributed by atoms with van der Waals surface area (Å²) in [5.74, 6) is -1.25. The molecule has 1 fully saturated rings. The van der Waals surface area contributed by atoms with Gasteiger partial charge in [-0.3, -0.25) is 9.48 Å². The van der Waals surface area contributed by atoms with E-state index in [0.717, 1.165) is 0 Å². The first kappa shape index (κ1) is 22.4. The van der Waals surface area contributed by atoms with Crippen LogP contribution in [0.1, 0.15) is 11.1 Å². The number of carbonyl (C=O) groups excluding carboxylic acids is 1. The number of aliphatic hydroxyl groups is 1. The Morgan fingerprint density at radius 2 is 1.97 bits per heavy atom. The van der Waals surface area contributed by atoms with E-state index in [1.807, 2.05) is 0 Å². The van der Waals surface area contributed by atoms with Crippen LogP contribution in [0.2, 0.25) is 0 Å². The van der Waals surface area contributed by atoms with E-state index in [9.17, 15) is 18.7 Å². The van der Waals surface area contributed by atoms with Crippen LogP contribution in [0, 0.1) is 18.6 Å². The summed E-state index contributed by atoms with van der Waals surface area (Å²) in [6, 6.07) is 1.28. The molecule has 33 heavy (non-hydrogen) atoms. The summed E-state index contributed by atoms with van der Waals surface area (Å²) in [6.45, 7) is 1.88. The highest BCUT2D eigenvalue weighted by Gasteiger charge is 2.28. The molecule has 0 atom stereocenters. The lowest BCUT2D eigenvalue weighted by atomic mass is 10.1. The number of nitrogens with one attached hydrogen (secondary N) is 1. The van der Waals surface area contributed by atoms with Gasteiger partial charge in [0.15, 0.2) is 17.3 Å². The number of amides is 1. The number of aliphatic hydroxyl groups excluding tert-OH is 1. The molecule has 0 aliphatic carbocycles. The van der Waals surface area contributed by atoms with Gasteiger partial charge in [0.25, 0.3) is 0 Å². The predicted molar refractivity (Wildman–Crippen MR) is 112 cm³/mol. The number of halogens is 2. The fourth-order valence-corrected chi connectivity index (χ4v) is 3.23. The summed E-state index contributed by atoms with van der Waals surface area (Å²) < 4.78 is 40.5. The molecule has 0 saturated carbocycles. The standard InChI is InChI=1S/C21H22F2N6O4/c1-12-3-17(32-2)20(23)16(19(12)22)11-33-15-5-24-21(25-6-15)27-13-4-26-29(7-13)10-18(31)28-8-14(30)9-28/h3-7,14,30H,8-11H2,1-2H3,(H,24,25,27). The maximum absolute atomic E-state index is 14.4. The van der Waals surface area contributed by atoms with Crippen molar-refractivity contribution in [1.29, 1.82) is 0 Å². The summed E-state index contributed by atoms with van der Waals surface area (Å²) >= 11 is 0. The zero-order chi connectivity index (χ0) is 23.5. The topological polar surface area (TPSA) is 115 Å². The monoisotopic (exact) mass is 460 g/mol. The van der Waals surface area contributed by atoms with Gasteiger partial charge >= 0.3 is 0 Å². The van der Waals surface area contributed by atoms with Gasteiger partial charge in [0.2, 0.25) is 11.9 Å². The first-order chi connectivity index (χ1) is 15.8. The van der Waals surface area contributed by atoms with E-state index in [-0.39, 0.29) is 47.6 Å². The van der Waals surface area contributed by atoms with E-state index < -0.39 is 17.7 Å². The molecule has 0 spiro atoms. The van der Waals surface area contributed by atoms with Crippen molar-refractivity contribution in [2.45, 2.75) is 26.2 Å². The molecule has 0 bridgehead atoms. The predicted octanol–water partition coefficient (Wildman–Crippen LogP) is 1.79. The minimum atomic E-state index is -0.819. The highest BCUT2D eigenvalue weighted by atomic mass is 19.1. The van der Waals surface area contributed by atoms with E-state index >= 15 is 0 Å². The van der Waals surface area contributed by atoms with Crippen LogP contribution in [0.5, 0.6) is 11.5 Å². The van der Waals surface area contributed by atoms with E-state index in [4.69, 9.17) is 9.47 Å². The van der Waals surface area contributed by atoms with Crippen LogP contribution in [0.25, 0.3) is 0 Å². The minimum absolute atomic E-state index is 0.0545. The molecule has 1 aromatic carbocycles. The molecule has 3 heterocycles. The van der Waals surface area contributed by atoms with Gasteiger partial charge in [0.05, 0.1) is 43.1 Å². The summed E-state index contributed by atoms with van der Waals surface area (Å²) in [5.41, 5.74) is 0.562. The number of hydrogen-bond donors (Lipinski definition) is 2. The number of benzene rings is 1. The van der Waals surface area contributed by atoms with Crippen molar-refractivity contribution < 1.29 is 28.2 Å². The molecule has 1 aliphatic rings. The summed E-state index contributed by atoms with van der Waals surface area (Å²) in [7, 11) is 1.30. The molecular weight excluding hydrogens is 438 g/mol. The molecule has 1 aliphatic heterocycles. The first-order valence-corrected chi connectivity index (χ1v) is 10.1. The smallest absolute Gasteiger partial charge is 0.244 e. The summed E-state index contributed by atoms with van der Waals surface area (Å²) in [5, 5.41) is 16.3. The van der Waals surface area contributed by atoms with E-state index in [1.165, 1.54) is 43.4 Å². The van der Waals surface area contributed by atoms with Gasteiger partial charge in [0, 0.05) is 19.3 Å². The van der Waals surface area contributed by atoms with Gasteiger partial charge in [0.1, 0.15) is 19.0 Å². The average Bonchev–Trinajstić information content (AvgIpc) is 3.21. The first-order valence-electron chi connectivity index (χ1n) is 10.1. The Bertz CT molecular complexity index is 1150. The molecule has 0 unspecified atom stereocenters. The van der Waals surface area contributed by atoms with Crippen LogP contribution in [0.15, 0.2) is 30.9 Å². The maximum atomic E-state index is 14.4. The van der Waals surface area contributed by atoms with Gasteiger partial charge in [-0.1, -0.05) is 0 Å². The molecule has 3 aromatic rings. The number of aryl methyl sites for hydroxylation is 1. The fraction of sp³-hybridized carbons (Fsp3) is 0.333. The number of anilines is 2. The number of likely N-dealkylation sites (tertiary alicyclic amines) is 1. The van der Waals surface area contributed by atoms with Gasteiger partial charge < -0.3 is 24.8 Å². The number of methoxy groups -OCH3 is 1. The number of ether oxygens (including phenoxy) is 2. The molecule has 0 radical (unpaired) electrons. The summed E-state index contributed by atoms with van der Waals surface area (Å²) in [4.78, 5) is 21.8. The van der Waals surface area contributed by atoms with Crippen LogP contribution in [0.3, 0.4) is 0 Å². The Morgan fingerprint density at radius 3 is 2.64 bits per heavy atom. The highest BCUT2D eigenvalue weighted by Crippen LogP contribution is 2.27. The number of nitrogens with zero attached hydrogens (tertiary/aromatic N) is 5. The number of carbonyl (C=O) groups is 1. The van der Waals surface area contributed by atoms with Crippen LogP contribution < -0.4 is 14.8 Å². The van der Waals surface area contributed by atoms with Crippen molar-refractivity contribution in [3.63, 3.8) is 0 Å². The zero-order valence-corrected chi connectivity index (χ0v) is 18.0. The van der Waals surface area contributed by atoms with Crippen molar-refractivity contribution in [3.8, 4) is 11.5 Å². The number of β-amino-alcohol motifs (C(OH)–C–C–N with tert-alkyl or cyclic N) is 1. The summed E-state index contributed by atoms with van der Waals surface area (Å²) in [6.07, 6.45) is 5.41. The molecule has 174 valence electrons. The lowest BCUT2D eigenvalue weighted by molar-refractivity contribution is -0.142. The number of rotatable bonds is 8. The van der Waals surface area contributed by atoms with Crippen molar-refractivity contribution in [1.82, 2.24) is 24.6 Å². The normalized spacial score (nSPS) is 13.5. The Hall–Kier alpha value is -3.80. The third kappa shape index (κ3) is 5.00. The zero-order valence-electron chi connectivity index (χ0n) is 18.0. The quantitative estimate of drug-likeness (QED) is 0.523. The highest BCUT2D eigenvalue weighted by molar-refractivity contribution is 5.77. The van der Waals surface area contributed by atoms with E-state index in [1.54, 1.807) is 11.1 Å². The molecule has 1 amide bonds. The van der Waals surface area contributed by atoms with Gasteiger partial charge in [-0.05, 0) is 18.6 Å².